The Morgan fingerprint density at radius 3 is 2.83 bits per heavy atom. The van der Waals surface area contributed by atoms with Crippen LogP contribution in [0.15, 0.2) is 42.5 Å². The van der Waals surface area contributed by atoms with Gasteiger partial charge in [-0.25, -0.2) is 0 Å². The molecule has 1 atom stereocenters. The topological polar surface area (TPSA) is 61.4 Å². The van der Waals surface area contributed by atoms with Gasteiger partial charge in [-0.2, -0.15) is 0 Å². The van der Waals surface area contributed by atoms with Crippen molar-refractivity contribution in [2.75, 3.05) is 20.1 Å². The van der Waals surface area contributed by atoms with Crippen LogP contribution in [-0.2, 0) is 16.1 Å². The lowest BCUT2D eigenvalue weighted by atomic mass is 10.0. The number of rotatable bonds is 4. The van der Waals surface area contributed by atoms with E-state index in [1.807, 2.05) is 12.1 Å². The molecule has 0 saturated carbocycles. The number of benzene rings is 2. The molecule has 5 heteroatoms. The lowest BCUT2D eigenvalue weighted by Gasteiger charge is -2.34. The molecule has 1 saturated heterocycles. The monoisotopic (exact) mass is 311 g/mol. The van der Waals surface area contributed by atoms with Gasteiger partial charge < -0.3 is 10.6 Å². The molecule has 2 aromatic carbocycles. The second-order valence-electron chi connectivity index (χ2n) is 5.84. The number of piperazine rings is 1. The van der Waals surface area contributed by atoms with Crippen LogP contribution >= 0.6 is 0 Å². The van der Waals surface area contributed by atoms with Crippen LogP contribution in [0.3, 0.4) is 0 Å². The molecule has 1 aliphatic heterocycles. The predicted molar refractivity (Wildman–Crippen MR) is 89.8 cm³/mol. The summed E-state index contributed by atoms with van der Waals surface area (Å²) < 4.78 is 0. The summed E-state index contributed by atoms with van der Waals surface area (Å²) in [6, 6.07) is 14.2. The highest BCUT2D eigenvalue weighted by molar-refractivity contribution is 5.88. The molecule has 1 fully saturated rings. The first-order chi connectivity index (χ1) is 11.2. The van der Waals surface area contributed by atoms with Crippen LogP contribution in [0.2, 0.25) is 0 Å². The van der Waals surface area contributed by atoms with Crippen LogP contribution in [0.5, 0.6) is 0 Å². The number of nitrogens with zero attached hydrogens (tertiary/aromatic N) is 1. The minimum Gasteiger partial charge on any atom is -0.359 e. The molecule has 2 amide bonds. The van der Waals surface area contributed by atoms with Crippen LogP contribution in [-0.4, -0.2) is 42.9 Å². The number of nitrogens with one attached hydrogen (secondary N) is 2. The third-order valence-electron chi connectivity index (χ3n) is 4.30. The summed E-state index contributed by atoms with van der Waals surface area (Å²) in [5.74, 6) is -0.184. The molecule has 0 spiro atoms. The summed E-state index contributed by atoms with van der Waals surface area (Å²) in [6.07, 6.45) is 0.190. The summed E-state index contributed by atoms with van der Waals surface area (Å²) in [5.41, 5.74) is 1.15. The van der Waals surface area contributed by atoms with Crippen LogP contribution < -0.4 is 10.6 Å². The summed E-state index contributed by atoms with van der Waals surface area (Å²) in [6.45, 7) is 2.04. The predicted octanol–water partition coefficient (Wildman–Crippen LogP) is 1.28. The number of fused-ring (bicyclic) bond motifs is 1. The van der Waals surface area contributed by atoms with E-state index in [1.54, 1.807) is 7.05 Å². The molecule has 1 heterocycles. The smallest absolute Gasteiger partial charge is 0.237 e. The van der Waals surface area contributed by atoms with Crippen LogP contribution in [0, 0.1) is 0 Å². The second kappa shape index (κ2) is 6.79. The molecule has 5 nitrogen and oxygen atoms in total. The molecule has 0 aliphatic carbocycles. The highest BCUT2D eigenvalue weighted by Crippen LogP contribution is 2.19. The molecule has 3 rings (SSSR count). The number of hydrogen-bond donors (Lipinski definition) is 2. The first-order valence-electron chi connectivity index (χ1n) is 7.87. The van der Waals surface area contributed by atoms with Crippen molar-refractivity contribution >= 4 is 22.6 Å². The highest BCUT2D eigenvalue weighted by Gasteiger charge is 2.31. The van der Waals surface area contributed by atoms with Crippen molar-refractivity contribution in [1.82, 2.24) is 15.5 Å². The van der Waals surface area contributed by atoms with E-state index in [2.05, 4.69) is 45.9 Å². The first kappa shape index (κ1) is 15.5. The van der Waals surface area contributed by atoms with Gasteiger partial charge in [0.25, 0.3) is 0 Å². The Morgan fingerprint density at radius 1 is 1.26 bits per heavy atom. The molecular formula is C18H21N3O2. The quantitative estimate of drug-likeness (QED) is 0.894. The Balaban J connectivity index is 1.79. The number of carbonyl (C=O) groups is 2. The van der Waals surface area contributed by atoms with Crippen molar-refractivity contribution < 1.29 is 9.59 Å². The molecular weight excluding hydrogens is 290 g/mol. The van der Waals surface area contributed by atoms with Gasteiger partial charge in [0.15, 0.2) is 0 Å². The van der Waals surface area contributed by atoms with Crippen LogP contribution in [0.25, 0.3) is 10.8 Å². The van der Waals surface area contributed by atoms with Crippen molar-refractivity contribution in [1.29, 1.82) is 0 Å². The van der Waals surface area contributed by atoms with Crippen molar-refractivity contribution in [3.8, 4) is 0 Å². The molecule has 23 heavy (non-hydrogen) atoms. The number of hydrogen-bond acceptors (Lipinski definition) is 3. The molecule has 1 aliphatic rings. The standard InChI is InChI=1S/C18H21N3O2/c1-19-17(22)11-16-18(23)20-8-9-21(16)12-13-6-7-14-4-2-3-5-15(14)10-13/h2-7,10,16H,8-9,11-12H2,1H3,(H,19,22)(H,20,23). The van der Waals surface area contributed by atoms with Gasteiger partial charge in [0.1, 0.15) is 0 Å². The lowest BCUT2D eigenvalue weighted by Crippen LogP contribution is -2.55. The maximum absolute atomic E-state index is 12.1. The molecule has 2 N–H and O–H groups in total. The minimum absolute atomic E-state index is 0.0689. The van der Waals surface area contributed by atoms with Gasteiger partial charge in [0, 0.05) is 26.7 Å². The van der Waals surface area contributed by atoms with E-state index < -0.39 is 6.04 Å². The maximum atomic E-state index is 12.1. The molecule has 0 aromatic heterocycles. The summed E-state index contributed by atoms with van der Waals surface area (Å²) >= 11 is 0. The van der Waals surface area contributed by atoms with E-state index in [1.165, 1.54) is 10.8 Å². The van der Waals surface area contributed by atoms with Gasteiger partial charge in [0.2, 0.25) is 11.8 Å². The van der Waals surface area contributed by atoms with E-state index in [0.717, 1.165) is 12.1 Å². The fourth-order valence-corrected chi connectivity index (χ4v) is 3.02. The average Bonchev–Trinajstić information content (AvgIpc) is 2.57. The zero-order chi connectivity index (χ0) is 16.2. The average molecular weight is 311 g/mol. The van der Waals surface area contributed by atoms with Crippen molar-refractivity contribution in [2.24, 2.45) is 0 Å². The molecule has 1 unspecified atom stereocenters. The van der Waals surface area contributed by atoms with Crippen molar-refractivity contribution in [3.05, 3.63) is 48.0 Å². The SMILES string of the molecule is CNC(=O)CC1C(=O)NCCN1Cc1ccc2ccccc2c1. The van der Waals surface area contributed by atoms with E-state index >= 15 is 0 Å². The second-order valence-corrected chi connectivity index (χ2v) is 5.84. The van der Waals surface area contributed by atoms with E-state index in [0.29, 0.717) is 13.1 Å². The lowest BCUT2D eigenvalue weighted by molar-refractivity contribution is -0.134. The Bertz CT molecular complexity index is 729. The van der Waals surface area contributed by atoms with Crippen molar-refractivity contribution in [3.63, 3.8) is 0 Å². The van der Waals surface area contributed by atoms with E-state index in [4.69, 9.17) is 0 Å². The molecule has 0 bridgehead atoms. The first-order valence-corrected chi connectivity index (χ1v) is 7.87. The highest BCUT2D eigenvalue weighted by atomic mass is 16.2. The fraction of sp³-hybridized carbons (Fsp3) is 0.333. The van der Waals surface area contributed by atoms with Gasteiger partial charge in [-0.05, 0) is 22.4 Å². The van der Waals surface area contributed by atoms with Gasteiger partial charge in [-0.15, -0.1) is 0 Å². The Hall–Kier alpha value is -2.40. The minimum atomic E-state index is -0.407. The largest absolute Gasteiger partial charge is 0.359 e. The maximum Gasteiger partial charge on any atom is 0.237 e. The fourth-order valence-electron chi connectivity index (χ4n) is 3.02. The molecule has 120 valence electrons. The van der Waals surface area contributed by atoms with E-state index in [9.17, 15) is 9.59 Å². The Labute approximate surface area is 135 Å². The third kappa shape index (κ3) is 3.51. The molecule has 2 aromatic rings. The molecule has 0 radical (unpaired) electrons. The Morgan fingerprint density at radius 2 is 2.04 bits per heavy atom. The van der Waals surface area contributed by atoms with E-state index in [-0.39, 0.29) is 18.2 Å². The van der Waals surface area contributed by atoms with Gasteiger partial charge in [-0.3, -0.25) is 14.5 Å². The van der Waals surface area contributed by atoms with Gasteiger partial charge in [-0.1, -0.05) is 36.4 Å². The Kier molecular flexibility index (Phi) is 4.57. The van der Waals surface area contributed by atoms with Crippen LogP contribution in [0.1, 0.15) is 12.0 Å². The zero-order valence-electron chi connectivity index (χ0n) is 13.2. The normalized spacial score (nSPS) is 18.7. The van der Waals surface area contributed by atoms with Gasteiger partial charge >= 0.3 is 0 Å². The van der Waals surface area contributed by atoms with Crippen molar-refractivity contribution in [2.45, 2.75) is 19.0 Å². The van der Waals surface area contributed by atoms with Crippen LogP contribution in [0.4, 0.5) is 0 Å². The number of carbonyl (C=O) groups excluding carboxylic acids is 2. The summed E-state index contributed by atoms with van der Waals surface area (Å²) in [7, 11) is 1.59. The third-order valence-corrected chi connectivity index (χ3v) is 4.30. The zero-order valence-corrected chi connectivity index (χ0v) is 13.2. The summed E-state index contributed by atoms with van der Waals surface area (Å²) in [4.78, 5) is 25.9. The van der Waals surface area contributed by atoms with Gasteiger partial charge in [0.05, 0.1) is 12.5 Å². The summed E-state index contributed by atoms with van der Waals surface area (Å²) in [5, 5.41) is 7.83. The number of amides is 2.